The molecule has 0 aliphatic carbocycles. The summed E-state index contributed by atoms with van der Waals surface area (Å²) in [6.07, 6.45) is 0. The van der Waals surface area contributed by atoms with Crippen LogP contribution in [0.2, 0.25) is 5.02 Å². The van der Waals surface area contributed by atoms with E-state index < -0.39 is 12.0 Å². The fourth-order valence-electron chi connectivity index (χ4n) is 2.07. The molecule has 0 aliphatic rings. The van der Waals surface area contributed by atoms with Crippen LogP contribution in [0, 0.1) is 6.92 Å². The lowest BCUT2D eigenvalue weighted by atomic mass is 10.2. The highest BCUT2D eigenvalue weighted by Gasteiger charge is 2.11. The first kappa shape index (κ1) is 18.6. The maximum atomic E-state index is 11.9. The van der Waals surface area contributed by atoms with Gasteiger partial charge in [0.25, 0.3) is 0 Å². The van der Waals surface area contributed by atoms with Crippen molar-refractivity contribution in [2.24, 2.45) is 0 Å². The quantitative estimate of drug-likeness (QED) is 0.607. The number of esters is 1. The summed E-state index contributed by atoms with van der Waals surface area (Å²) in [4.78, 5) is 23.5. The molecule has 25 heavy (non-hydrogen) atoms. The third-order valence-corrected chi connectivity index (χ3v) is 3.61. The Kier molecular flexibility index (Phi) is 6.65. The molecule has 0 aliphatic heterocycles. The van der Waals surface area contributed by atoms with Crippen LogP contribution in [0.15, 0.2) is 42.5 Å². The van der Waals surface area contributed by atoms with Crippen LogP contribution in [0.5, 0.6) is 5.75 Å². The third kappa shape index (κ3) is 5.69. The van der Waals surface area contributed by atoms with E-state index in [0.29, 0.717) is 29.4 Å². The summed E-state index contributed by atoms with van der Waals surface area (Å²) in [5.74, 6) is 0.239. The second-order valence-corrected chi connectivity index (χ2v) is 5.64. The molecule has 0 aromatic heterocycles. The van der Waals surface area contributed by atoms with Crippen LogP contribution in [-0.2, 0) is 4.74 Å². The SMILES string of the molecule is COC(=O)c1ccc(Cl)c(NC(=O)NCCOc2cccc(C)c2)c1. The van der Waals surface area contributed by atoms with Gasteiger partial charge in [0.2, 0.25) is 0 Å². The highest BCUT2D eigenvalue weighted by atomic mass is 35.5. The summed E-state index contributed by atoms with van der Waals surface area (Å²) >= 11 is 6.03. The number of urea groups is 1. The summed E-state index contributed by atoms with van der Waals surface area (Å²) in [7, 11) is 1.28. The predicted molar refractivity (Wildman–Crippen MR) is 96.5 cm³/mol. The predicted octanol–water partition coefficient (Wildman–Crippen LogP) is 3.64. The molecule has 0 atom stereocenters. The first-order chi connectivity index (χ1) is 12.0. The van der Waals surface area contributed by atoms with E-state index in [0.717, 1.165) is 11.3 Å². The average molecular weight is 363 g/mol. The van der Waals surface area contributed by atoms with Gasteiger partial charge in [-0.2, -0.15) is 0 Å². The fourth-order valence-corrected chi connectivity index (χ4v) is 2.24. The summed E-state index contributed by atoms with van der Waals surface area (Å²) in [6.45, 7) is 2.62. The number of aryl methyl sites for hydroxylation is 1. The van der Waals surface area contributed by atoms with Crippen molar-refractivity contribution in [3.63, 3.8) is 0 Å². The van der Waals surface area contributed by atoms with E-state index in [-0.39, 0.29) is 0 Å². The van der Waals surface area contributed by atoms with Gasteiger partial charge in [-0.1, -0.05) is 23.7 Å². The largest absolute Gasteiger partial charge is 0.492 e. The number of ether oxygens (including phenoxy) is 2. The molecule has 0 saturated heterocycles. The lowest BCUT2D eigenvalue weighted by Crippen LogP contribution is -2.32. The van der Waals surface area contributed by atoms with Crippen molar-refractivity contribution < 1.29 is 19.1 Å². The van der Waals surface area contributed by atoms with E-state index >= 15 is 0 Å². The van der Waals surface area contributed by atoms with Crippen molar-refractivity contribution in [2.75, 3.05) is 25.6 Å². The Morgan fingerprint density at radius 2 is 1.96 bits per heavy atom. The lowest BCUT2D eigenvalue weighted by molar-refractivity contribution is 0.0600. The Balaban J connectivity index is 1.83. The van der Waals surface area contributed by atoms with Gasteiger partial charge < -0.3 is 20.1 Å². The lowest BCUT2D eigenvalue weighted by Gasteiger charge is -2.11. The van der Waals surface area contributed by atoms with Crippen molar-refractivity contribution in [1.29, 1.82) is 0 Å². The molecular weight excluding hydrogens is 344 g/mol. The number of nitrogens with one attached hydrogen (secondary N) is 2. The Bertz CT molecular complexity index is 764. The van der Waals surface area contributed by atoms with Gasteiger partial charge in [0.15, 0.2) is 0 Å². The summed E-state index contributed by atoms with van der Waals surface area (Å²) in [5.41, 5.74) is 1.72. The number of amides is 2. The molecule has 0 bridgehead atoms. The van der Waals surface area contributed by atoms with Crippen molar-refractivity contribution in [2.45, 2.75) is 6.92 Å². The summed E-state index contributed by atoms with van der Waals surface area (Å²) in [5, 5.41) is 5.57. The minimum atomic E-state index is -0.508. The van der Waals surface area contributed by atoms with Crippen LogP contribution in [0.25, 0.3) is 0 Å². The summed E-state index contributed by atoms with van der Waals surface area (Å²) in [6, 6.07) is 11.7. The van der Waals surface area contributed by atoms with Gasteiger partial charge in [-0.05, 0) is 42.8 Å². The highest BCUT2D eigenvalue weighted by molar-refractivity contribution is 6.33. The molecule has 2 amide bonds. The first-order valence-corrected chi connectivity index (χ1v) is 7.99. The van der Waals surface area contributed by atoms with Gasteiger partial charge in [0.05, 0.1) is 29.9 Å². The Hall–Kier alpha value is -2.73. The molecule has 6 nitrogen and oxygen atoms in total. The zero-order valence-corrected chi connectivity index (χ0v) is 14.7. The number of carbonyl (C=O) groups excluding carboxylic acids is 2. The van der Waals surface area contributed by atoms with Crippen LogP contribution in [-0.4, -0.2) is 32.3 Å². The molecule has 2 aromatic carbocycles. The van der Waals surface area contributed by atoms with E-state index in [1.54, 1.807) is 0 Å². The number of methoxy groups -OCH3 is 1. The molecule has 0 spiro atoms. The molecule has 2 N–H and O–H groups in total. The van der Waals surface area contributed by atoms with Crippen LogP contribution in [0.4, 0.5) is 10.5 Å². The Morgan fingerprint density at radius 1 is 1.16 bits per heavy atom. The minimum Gasteiger partial charge on any atom is -0.492 e. The maximum Gasteiger partial charge on any atom is 0.337 e. The molecule has 7 heteroatoms. The van der Waals surface area contributed by atoms with E-state index in [9.17, 15) is 9.59 Å². The van der Waals surface area contributed by atoms with E-state index in [4.69, 9.17) is 16.3 Å². The highest BCUT2D eigenvalue weighted by Crippen LogP contribution is 2.23. The molecular formula is C18H19ClN2O4. The monoisotopic (exact) mass is 362 g/mol. The van der Waals surface area contributed by atoms with Gasteiger partial charge in [-0.3, -0.25) is 0 Å². The molecule has 2 aromatic rings. The zero-order chi connectivity index (χ0) is 18.2. The standard InChI is InChI=1S/C18H19ClN2O4/c1-12-4-3-5-14(10-12)25-9-8-20-18(23)21-16-11-13(17(22)24-2)6-7-15(16)19/h3-7,10-11H,8-9H2,1-2H3,(H2,20,21,23). The topological polar surface area (TPSA) is 76.7 Å². The molecule has 0 saturated carbocycles. The van der Waals surface area contributed by atoms with E-state index in [1.165, 1.54) is 25.3 Å². The van der Waals surface area contributed by atoms with Crippen molar-refractivity contribution in [3.8, 4) is 5.75 Å². The van der Waals surface area contributed by atoms with Crippen molar-refractivity contribution >= 4 is 29.3 Å². The van der Waals surface area contributed by atoms with Gasteiger partial charge in [-0.25, -0.2) is 9.59 Å². The van der Waals surface area contributed by atoms with Gasteiger partial charge in [-0.15, -0.1) is 0 Å². The normalized spacial score (nSPS) is 10.0. The molecule has 0 radical (unpaired) electrons. The molecule has 0 unspecified atom stereocenters. The number of benzene rings is 2. The van der Waals surface area contributed by atoms with Gasteiger partial charge in [0.1, 0.15) is 12.4 Å². The minimum absolute atomic E-state index is 0.296. The van der Waals surface area contributed by atoms with Gasteiger partial charge >= 0.3 is 12.0 Å². The fraction of sp³-hybridized carbons (Fsp3) is 0.222. The number of halogens is 1. The smallest absolute Gasteiger partial charge is 0.337 e. The molecule has 0 heterocycles. The third-order valence-electron chi connectivity index (χ3n) is 3.28. The van der Waals surface area contributed by atoms with Crippen molar-refractivity contribution in [1.82, 2.24) is 5.32 Å². The zero-order valence-electron chi connectivity index (χ0n) is 14.0. The average Bonchev–Trinajstić information content (AvgIpc) is 2.60. The summed E-state index contributed by atoms with van der Waals surface area (Å²) < 4.78 is 10.2. The molecule has 0 fully saturated rings. The van der Waals surface area contributed by atoms with Crippen LogP contribution < -0.4 is 15.4 Å². The van der Waals surface area contributed by atoms with Crippen LogP contribution >= 0.6 is 11.6 Å². The van der Waals surface area contributed by atoms with Crippen LogP contribution in [0.3, 0.4) is 0 Å². The second-order valence-electron chi connectivity index (χ2n) is 5.23. The maximum absolute atomic E-state index is 11.9. The Labute approximate surface area is 151 Å². The van der Waals surface area contributed by atoms with E-state index in [1.807, 2.05) is 31.2 Å². The Morgan fingerprint density at radius 3 is 2.68 bits per heavy atom. The van der Waals surface area contributed by atoms with Crippen LogP contribution in [0.1, 0.15) is 15.9 Å². The number of rotatable bonds is 6. The number of carbonyl (C=O) groups is 2. The van der Waals surface area contributed by atoms with Crippen molar-refractivity contribution in [3.05, 3.63) is 58.6 Å². The molecule has 2 rings (SSSR count). The number of hydrogen-bond donors (Lipinski definition) is 2. The second kappa shape index (κ2) is 8.94. The first-order valence-electron chi connectivity index (χ1n) is 7.62. The number of anilines is 1. The molecule has 132 valence electrons. The van der Waals surface area contributed by atoms with Gasteiger partial charge in [0, 0.05) is 0 Å². The number of hydrogen-bond acceptors (Lipinski definition) is 4. The van der Waals surface area contributed by atoms with E-state index in [2.05, 4.69) is 15.4 Å².